The van der Waals surface area contributed by atoms with Crippen molar-refractivity contribution in [3.8, 4) is 0 Å². The fourth-order valence-electron chi connectivity index (χ4n) is 5.43. The van der Waals surface area contributed by atoms with Crippen LogP contribution in [0, 0.1) is 0 Å². The first-order valence-corrected chi connectivity index (χ1v) is 29.1. The molecule has 0 saturated heterocycles. The molecule has 4 heteroatoms. The minimum atomic E-state index is -1.85. The van der Waals surface area contributed by atoms with Crippen molar-refractivity contribution in [3.05, 3.63) is 0 Å². The second-order valence-corrected chi connectivity index (χ2v) is 40.4. The van der Waals surface area contributed by atoms with E-state index in [-0.39, 0.29) is 0 Å². The second-order valence-electron chi connectivity index (χ2n) is 16.5. The molecule has 2 atom stereocenters. The molecule has 0 aromatic rings. The fraction of sp³-hybridized carbons (Fsp3) is 1.00. The molecule has 0 aliphatic heterocycles. The SMILES string of the molecule is CCCCCCCCCCCCCCC(C)P(C)(C)(C)Br.CCCCCCCCCCCCCCC(C)P(C)(C)(C)Cl. The van der Waals surface area contributed by atoms with Crippen LogP contribution < -0.4 is 0 Å². The topological polar surface area (TPSA) is 0 Å². The van der Waals surface area contributed by atoms with Crippen LogP contribution >= 0.6 is 38.0 Å². The zero-order valence-corrected chi connectivity index (χ0v) is 35.3. The van der Waals surface area contributed by atoms with E-state index < -0.39 is 11.3 Å². The van der Waals surface area contributed by atoms with Crippen LogP contribution in [0.3, 0.4) is 0 Å². The molecule has 0 N–H and O–H groups in total. The molecule has 0 aliphatic rings. The van der Waals surface area contributed by atoms with Gasteiger partial charge in [-0.3, -0.25) is 0 Å². The average molecular weight is 718 g/mol. The zero-order valence-electron chi connectivity index (χ0n) is 31.2. The molecule has 0 amide bonds. The van der Waals surface area contributed by atoms with Crippen LogP contribution in [0.25, 0.3) is 0 Å². The molecule has 0 aliphatic carbocycles. The van der Waals surface area contributed by atoms with Gasteiger partial charge in [0.15, 0.2) is 0 Å². The maximum atomic E-state index is 6.71. The van der Waals surface area contributed by atoms with E-state index in [0.717, 1.165) is 5.66 Å². The van der Waals surface area contributed by atoms with Crippen molar-refractivity contribution in [1.82, 2.24) is 0 Å². The Morgan fingerprint density at radius 3 is 0.833 bits per heavy atom. The second kappa shape index (κ2) is 25.7. The number of hydrogen-bond acceptors (Lipinski definition) is 0. The van der Waals surface area contributed by atoms with Crippen LogP contribution in [0.2, 0.25) is 0 Å². The van der Waals surface area contributed by atoms with Gasteiger partial charge in [0.25, 0.3) is 0 Å². The Morgan fingerprint density at radius 2 is 0.619 bits per heavy atom. The van der Waals surface area contributed by atoms with Crippen molar-refractivity contribution >= 4 is 38.0 Å². The summed E-state index contributed by atoms with van der Waals surface area (Å²) in [6.07, 6.45) is 37.3. The molecular formula is C38H84BrClP2. The molecule has 0 spiro atoms. The molecule has 0 heterocycles. The van der Waals surface area contributed by atoms with E-state index in [4.69, 9.17) is 11.2 Å². The predicted octanol–water partition coefficient (Wildman–Crippen LogP) is 16.3. The molecule has 0 radical (unpaired) electrons. The minimum absolute atomic E-state index is 0.709. The summed E-state index contributed by atoms with van der Waals surface area (Å²) >= 11 is 10.7. The van der Waals surface area contributed by atoms with Gasteiger partial charge in [0.05, 0.1) is 0 Å². The maximum absolute atomic E-state index is 6.71. The number of unbranched alkanes of at least 4 members (excludes halogenated alkanes) is 22. The third-order valence-corrected chi connectivity index (χ3v) is 19.5. The van der Waals surface area contributed by atoms with Gasteiger partial charge in [0.1, 0.15) is 0 Å². The van der Waals surface area contributed by atoms with Gasteiger partial charge in [0.2, 0.25) is 0 Å². The van der Waals surface area contributed by atoms with Crippen molar-refractivity contribution in [2.24, 2.45) is 0 Å². The monoisotopic (exact) mass is 716 g/mol. The van der Waals surface area contributed by atoms with Crippen molar-refractivity contribution in [3.63, 3.8) is 0 Å². The van der Waals surface area contributed by atoms with Gasteiger partial charge in [-0.05, 0) is 0 Å². The Labute approximate surface area is 282 Å². The summed E-state index contributed by atoms with van der Waals surface area (Å²) in [5.41, 5.74) is 1.57. The van der Waals surface area contributed by atoms with Crippen molar-refractivity contribution in [2.45, 2.75) is 206 Å². The van der Waals surface area contributed by atoms with Crippen molar-refractivity contribution in [1.29, 1.82) is 0 Å². The first-order chi connectivity index (χ1) is 19.5. The van der Waals surface area contributed by atoms with Gasteiger partial charge in [0, 0.05) is 0 Å². The van der Waals surface area contributed by atoms with Gasteiger partial charge in [-0.15, -0.1) is 0 Å². The summed E-state index contributed by atoms with van der Waals surface area (Å²) in [6.45, 7) is 23.6. The van der Waals surface area contributed by atoms with Crippen LogP contribution in [0.1, 0.15) is 195 Å². The molecular weight excluding hydrogens is 634 g/mol. The van der Waals surface area contributed by atoms with E-state index in [1.54, 1.807) is 0 Å². The number of halogens is 2. The van der Waals surface area contributed by atoms with Gasteiger partial charge in [-0.2, -0.15) is 0 Å². The van der Waals surface area contributed by atoms with Gasteiger partial charge in [-0.25, -0.2) is 0 Å². The summed E-state index contributed by atoms with van der Waals surface area (Å²) in [4.78, 5) is 0. The van der Waals surface area contributed by atoms with E-state index in [9.17, 15) is 0 Å². The summed E-state index contributed by atoms with van der Waals surface area (Å²) in [5, 5.41) is -1.51. The molecule has 0 rings (SSSR count). The Kier molecular flexibility index (Phi) is 28.0. The quantitative estimate of drug-likeness (QED) is 0.0558. The summed E-state index contributed by atoms with van der Waals surface area (Å²) in [5.74, 6) is -1.85. The molecule has 2 unspecified atom stereocenters. The van der Waals surface area contributed by atoms with Crippen molar-refractivity contribution < 1.29 is 0 Å². The zero-order chi connectivity index (χ0) is 32.4. The van der Waals surface area contributed by atoms with Crippen LogP contribution in [0.5, 0.6) is 0 Å². The van der Waals surface area contributed by atoms with E-state index in [1.807, 2.05) is 0 Å². The Morgan fingerprint density at radius 1 is 0.405 bits per heavy atom. The summed E-state index contributed by atoms with van der Waals surface area (Å²) in [7, 11) is 0. The average Bonchev–Trinajstić information content (AvgIpc) is 2.88. The standard InChI is InChI=1S/C19H42BrP.C19H42ClP/c2*1-6-7-8-9-10-11-12-13-14-15-16-17-18-19(2)21(3,4,5)20/h2*19H,6-18H2,1-5H3. The molecule has 0 saturated carbocycles. The van der Waals surface area contributed by atoms with Crippen LogP contribution in [-0.4, -0.2) is 51.3 Å². The Bertz CT molecular complexity index is 519. The molecule has 0 aromatic heterocycles. The van der Waals surface area contributed by atoms with E-state index >= 15 is 0 Å². The molecule has 0 bridgehead atoms. The van der Waals surface area contributed by atoms with Crippen molar-refractivity contribution in [2.75, 3.05) is 40.0 Å². The van der Waals surface area contributed by atoms with E-state index in [2.05, 4.69) is 83.2 Å². The normalized spacial score (nSPS) is 15.6. The van der Waals surface area contributed by atoms with Gasteiger partial charge in [-0.1, -0.05) is 39.5 Å². The Balaban J connectivity index is 0. The molecule has 0 fully saturated rings. The Hall–Kier alpha value is 1.63. The first-order valence-electron chi connectivity index (χ1n) is 18.9. The van der Waals surface area contributed by atoms with Crippen LogP contribution in [0.15, 0.2) is 0 Å². The predicted molar refractivity (Wildman–Crippen MR) is 214 cm³/mol. The molecule has 260 valence electrons. The summed E-state index contributed by atoms with van der Waals surface area (Å²) < 4.78 is 0. The van der Waals surface area contributed by atoms with Crippen LogP contribution in [0.4, 0.5) is 0 Å². The summed E-state index contributed by atoms with van der Waals surface area (Å²) in [6, 6.07) is 0. The van der Waals surface area contributed by atoms with Crippen LogP contribution in [-0.2, 0) is 0 Å². The fourth-order valence-corrected chi connectivity index (χ4v) is 8.45. The van der Waals surface area contributed by atoms with Gasteiger partial charge < -0.3 is 0 Å². The van der Waals surface area contributed by atoms with Gasteiger partial charge >= 0.3 is 244 Å². The van der Waals surface area contributed by atoms with E-state index in [0.29, 0.717) is 5.66 Å². The molecule has 0 nitrogen and oxygen atoms in total. The first kappa shape index (κ1) is 45.8. The number of hydrogen-bond donors (Lipinski definition) is 0. The third kappa shape index (κ3) is 33.0. The number of rotatable bonds is 28. The van der Waals surface area contributed by atoms with E-state index in [1.165, 1.54) is 167 Å². The molecule has 42 heavy (non-hydrogen) atoms. The molecule has 0 aromatic carbocycles. The third-order valence-electron chi connectivity index (χ3n) is 9.93.